The highest BCUT2D eigenvalue weighted by Gasteiger charge is 2.38. The van der Waals surface area contributed by atoms with Crippen LogP contribution in [0.3, 0.4) is 0 Å². The van der Waals surface area contributed by atoms with Crippen molar-refractivity contribution in [3.05, 3.63) is 23.8 Å². The molecular weight excluding hydrogens is 356 g/mol. The average Bonchev–Trinajstić information content (AvgIpc) is 2.69. The Morgan fingerprint density at radius 3 is 2.74 bits per heavy atom. The molecule has 2 rings (SSSR count). The quantitative estimate of drug-likeness (QED) is 0.254. The van der Waals surface area contributed by atoms with Gasteiger partial charge in [0.05, 0.1) is 5.69 Å². The van der Waals surface area contributed by atoms with Gasteiger partial charge in [0.1, 0.15) is 6.29 Å². The van der Waals surface area contributed by atoms with Gasteiger partial charge < -0.3 is 10.1 Å². The molecule has 1 amide bonds. The number of aliphatic imine (C=N–C) groups is 1. The molecular formula is C22H32N2O2S. The molecule has 0 radical (unpaired) electrons. The van der Waals surface area contributed by atoms with Crippen molar-refractivity contribution in [1.82, 2.24) is 5.32 Å². The zero-order valence-electron chi connectivity index (χ0n) is 16.4. The maximum absolute atomic E-state index is 12.8. The lowest BCUT2D eigenvalue weighted by molar-refractivity contribution is -0.133. The zero-order valence-corrected chi connectivity index (χ0v) is 17.3. The number of benzene rings is 1. The SMILES string of the molecule is CCC=Nc1ccc(CCCNC(=O)C2(CCC=O)CCCCC2)cc1S. The minimum Gasteiger partial charge on any atom is -0.356 e. The predicted molar refractivity (Wildman–Crippen MR) is 114 cm³/mol. The van der Waals surface area contributed by atoms with Gasteiger partial charge in [-0.3, -0.25) is 9.79 Å². The average molecular weight is 389 g/mol. The first-order valence-electron chi connectivity index (χ1n) is 10.2. The number of nitrogens with one attached hydrogen (secondary N) is 1. The molecule has 1 saturated carbocycles. The number of carbonyl (C=O) groups excluding carboxylic acids is 2. The van der Waals surface area contributed by atoms with Gasteiger partial charge in [0.15, 0.2) is 0 Å². The van der Waals surface area contributed by atoms with Crippen molar-refractivity contribution in [2.45, 2.75) is 76.0 Å². The third-order valence-corrected chi connectivity index (χ3v) is 5.77. The molecule has 0 spiro atoms. The van der Waals surface area contributed by atoms with Gasteiger partial charge in [0.2, 0.25) is 5.91 Å². The summed E-state index contributed by atoms with van der Waals surface area (Å²) >= 11 is 4.52. The van der Waals surface area contributed by atoms with E-state index in [0.29, 0.717) is 19.4 Å². The summed E-state index contributed by atoms with van der Waals surface area (Å²) in [5.41, 5.74) is 1.78. The molecule has 0 saturated heterocycles. The van der Waals surface area contributed by atoms with Crippen molar-refractivity contribution in [3.63, 3.8) is 0 Å². The Balaban J connectivity index is 1.82. The van der Waals surface area contributed by atoms with Crippen molar-refractivity contribution in [2.24, 2.45) is 10.4 Å². The third-order valence-electron chi connectivity index (χ3n) is 5.41. The molecule has 0 bridgehead atoms. The number of hydrogen-bond donors (Lipinski definition) is 2. The fourth-order valence-corrected chi connectivity index (χ4v) is 4.16. The van der Waals surface area contributed by atoms with Crippen LogP contribution in [0.25, 0.3) is 0 Å². The monoisotopic (exact) mass is 388 g/mol. The van der Waals surface area contributed by atoms with E-state index in [0.717, 1.165) is 61.8 Å². The Morgan fingerprint density at radius 1 is 1.30 bits per heavy atom. The number of amides is 1. The molecule has 0 aliphatic heterocycles. The van der Waals surface area contributed by atoms with Crippen LogP contribution in [-0.2, 0) is 16.0 Å². The maximum atomic E-state index is 12.8. The van der Waals surface area contributed by atoms with Crippen LogP contribution in [0, 0.1) is 5.41 Å². The van der Waals surface area contributed by atoms with E-state index < -0.39 is 0 Å². The summed E-state index contributed by atoms with van der Waals surface area (Å²) in [6, 6.07) is 6.13. The number of aryl methyl sites for hydroxylation is 1. The summed E-state index contributed by atoms with van der Waals surface area (Å²) in [4.78, 5) is 28.8. The molecule has 0 unspecified atom stereocenters. The van der Waals surface area contributed by atoms with E-state index in [4.69, 9.17) is 0 Å². The molecule has 1 aliphatic carbocycles. The first-order valence-corrected chi connectivity index (χ1v) is 10.6. The highest BCUT2D eigenvalue weighted by Crippen LogP contribution is 2.40. The van der Waals surface area contributed by atoms with Crippen molar-refractivity contribution >= 4 is 36.7 Å². The molecule has 148 valence electrons. The van der Waals surface area contributed by atoms with Crippen LogP contribution in [0.1, 0.15) is 70.3 Å². The molecule has 1 aromatic rings. The Kier molecular flexibility index (Phi) is 9.05. The van der Waals surface area contributed by atoms with E-state index in [-0.39, 0.29) is 11.3 Å². The molecule has 1 fully saturated rings. The fraction of sp³-hybridized carbons (Fsp3) is 0.591. The van der Waals surface area contributed by atoms with Gasteiger partial charge >= 0.3 is 0 Å². The Bertz CT molecular complexity index is 652. The van der Waals surface area contributed by atoms with Gasteiger partial charge in [-0.2, -0.15) is 0 Å². The number of thiol groups is 1. The minimum absolute atomic E-state index is 0.142. The van der Waals surface area contributed by atoms with Crippen LogP contribution in [0.15, 0.2) is 28.1 Å². The molecule has 0 heterocycles. The number of aldehydes is 1. The summed E-state index contributed by atoms with van der Waals surface area (Å²) in [5, 5.41) is 3.13. The number of nitrogens with zero attached hydrogens (tertiary/aromatic N) is 1. The molecule has 5 heteroatoms. The van der Waals surface area contributed by atoms with Crippen molar-refractivity contribution in [1.29, 1.82) is 0 Å². The van der Waals surface area contributed by atoms with Gasteiger partial charge in [0.25, 0.3) is 0 Å². The van der Waals surface area contributed by atoms with Crippen LogP contribution in [0.2, 0.25) is 0 Å². The van der Waals surface area contributed by atoms with Crippen LogP contribution < -0.4 is 5.32 Å². The Morgan fingerprint density at radius 2 is 2.07 bits per heavy atom. The highest BCUT2D eigenvalue weighted by atomic mass is 32.1. The Labute approximate surface area is 168 Å². The molecule has 0 atom stereocenters. The lowest BCUT2D eigenvalue weighted by atomic mass is 9.70. The van der Waals surface area contributed by atoms with Crippen LogP contribution in [-0.4, -0.2) is 25.0 Å². The topological polar surface area (TPSA) is 58.5 Å². The van der Waals surface area contributed by atoms with E-state index in [9.17, 15) is 9.59 Å². The summed E-state index contributed by atoms with van der Waals surface area (Å²) in [6.07, 6.45) is 11.9. The molecule has 1 aromatic carbocycles. The zero-order chi connectivity index (χ0) is 19.5. The summed E-state index contributed by atoms with van der Waals surface area (Å²) in [6.45, 7) is 2.72. The number of rotatable bonds is 10. The minimum atomic E-state index is -0.323. The lowest BCUT2D eigenvalue weighted by Gasteiger charge is -2.35. The second-order valence-corrected chi connectivity index (χ2v) is 7.93. The van der Waals surface area contributed by atoms with Crippen molar-refractivity contribution in [2.75, 3.05) is 6.54 Å². The molecule has 27 heavy (non-hydrogen) atoms. The van der Waals surface area contributed by atoms with E-state index >= 15 is 0 Å². The number of hydrogen-bond acceptors (Lipinski definition) is 4. The van der Waals surface area contributed by atoms with Gasteiger partial charge in [-0.15, -0.1) is 12.6 Å². The van der Waals surface area contributed by atoms with Crippen LogP contribution in [0.5, 0.6) is 0 Å². The third kappa shape index (κ3) is 6.49. The number of carbonyl (C=O) groups is 2. The van der Waals surface area contributed by atoms with Crippen LogP contribution in [0.4, 0.5) is 5.69 Å². The molecule has 1 N–H and O–H groups in total. The Hall–Kier alpha value is -1.62. The highest BCUT2D eigenvalue weighted by molar-refractivity contribution is 7.80. The lowest BCUT2D eigenvalue weighted by Crippen LogP contribution is -2.42. The first kappa shape index (κ1) is 21.7. The van der Waals surface area contributed by atoms with E-state index in [1.165, 1.54) is 12.0 Å². The maximum Gasteiger partial charge on any atom is 0.226 e. The van der Waals surface area contributed by atoms with Gasteiger partial charge in [-0.1, -0.05) is 32.3 Å². The summed E-state index contributed by atoms with van der Waals surface area (Å²) in [7, 11) is 0. The standard InChI is InChI=1S/C22H32N2O2S/c1-2-14-23-19-10-9-18(17-20(19)27)8-6-15-24-21(26)22(13-7-16-25)11-4-3-5-12-22/h9-10,14,16-17,27H,2-8,11-13,15H2,1H3,(H,24,26). The molecule has 0 aromatic heterocycles. The van der Waals surface area contributed by atoms with E-state index in [2.05, 4.69) is 42.0 Å². The summed E-state index contributed by atoms with van der Waals surface area (Å²) < 4.78 is 0. The van der Waals surface area contributed by atoms with Gasteiger partial charge in [-0.25, -0.2) is 0 Å². The second-order valence-electron chi connectivity index (χ2n) is 7.45. The molecule has 1 aliphatic rings. The fourth-order valence-electron chi connectivity index (χ4n) is 3.86. The smallest absolute Gasteiger partial charge is 0.226 e. The molecule has 4 nitrogen and oxygen atoms in total. The van der Waals surface area contributed by atoms with Gasteiger partial charge in [0, 0.05) is 29.5 Å². The van der Waals surface area contributed by atoms with Crippen LogP contribution >= 0.6 is 12.6 Å². The summed E-state index contributed by atoms with van der Waals surface area (Å²) in [5.74, 6) is 0.142. The van der Waals surface area contributed by atoms with Gasteiger partial charge in [-0.05, 0) is 56.2 Å². The normalized spacial score (nSPS) is 16.4. The van der Waals surface area contributed by atoms with E-state index in [1.54, 1.807) is 0 Å². The first-order chi connectivity index (χ1) is 13.1. The predicted octanol–water partition coefficient (Wildman–Crippen LogP) is 5.07. The van der Waals surface area contributed by atoms with Crippen molar-refractivity contribution in [3.8, 4) is 0 Å². The largest absolute Gasteiger partial charge is 0.356 e. The second kappa shape index (κ2) is 11.3. The van der Waals surface area contributed by atoms with Crippen molar-refractivity contribution < 1.29 is 9.59 Å². The van der Waals surface area contributed by atoms with E-state index in [1.807, 2.05) is 12.3 Å².